The van der Waals surface area contributed by atoms with Gasteiger partial charge < -0.3 is 16.0 Å². The van der Waals surface area contributed by atoms with Crippen LogP contribution in [0.3, 0.4) is 0 Å². The van der Waals surface area contributed by atoms with Crippen LogP contribution in [0.1, 0.15) is 29.3 Å². The summed E-state index contributed by atoms with van der Waals surface area (Å²) in [6, 6.07) is 15.6. The van der Waals surface area contributed by atoms with Crippen LogP contribution in [-0.4, -0.2) is 28.4 Å². The van der Waals surface area contributed by atoms with Crippen molar-refractivity contribution in [2.24, 2.45) is 11.8 Å². The van der Waals surface area contributed by atoms with E-state index in [4.69, 9.17) is 5.73 Å². The highest BCUT2D eigenvalue weighted by Crippen LogP contribution is 2.38. The molecular weight excluding hydrogens is 422 g/mol. The number of H-pyrrole nitrogens is 1. The van der Waals surface area contributed by atoms with Crippen molar-refractivity contribution >= 4 is 29.0 Å². The summed E-state index contributed by atoms with van der Waals surface area (Å²) in [7, 11) is 1.41. The molecule has 0 radical (unpaired) electrons. The highest BCUT2D eigenvalue weighted by atomic mass is 16.2. The van der Waals surface area contributed by atoms with Crippen LogP contribution in [0.4, 0.5) is 17.2 Å². The largest absolute Gasteiger partial charge is 0.383 e. The summed E-state index contributed by atoms with van der Waals surface area (Å²) in [4.78, 5) is 53.7. The van der Waals surface area contributed by atoms with Crippen LogP contribution in [0, 0.1) is 11.8 Å². The minimum atomic E-state index is -0.759. The molecule has 4 rings (SSSR count). The number of nitrogens with zero attached hydrogens (tertiary/aromatic N) is 2. The maximum atomic E-state index is 13.2. The Balaban J connectivity index is 1.62. The highest BCUT2D eigenvalue weighted by molar-refractivity contribution is 6.07. The molecule has 4 N–H and O–H groups in total. The van der Waals surface area contributed by atoms with Crippen molar-refractivity contribution in [2.75, 3.05) is 23.0 Å². The Bertz CT molecular complexity index is 1330. The van der Waals surface area contributed by atoms with E-state index >= 15 is 0 Å². The van der Waals surface area contributed by atoms with Crippen molar-refractivity contribution in [3.8, 4) is 0 Å². The first kappa shape index (κ1) is 22.1. The summed E-state index contributed by atoms with van der Waals surface area (Å²) in [6.07, 6.45) is 0.855. The monoisotopic (exact) mass is 447 g/mol. The molecule has 33 heavy (non-hydrogen) atoms. The fraction of sp³-hybridized carbons (Fsp3) is 0.250. The van der Waals surface area contributed by atoms with E-state index in [-0.39, 0.29) is 35.4 Å². The Morgan fingerprint density at radius 1 is 1.15 bits per heavy atom. The molecule has 1 aliphatic rings. The summed E-state index contributed by atoms with van der Waals surface area (Å²) >= 11 is 0. The van der Waals surface area contributed by atoms with Gasteiger partial charge in [-0.15, -0.1) is 0 Å². The van der Waals surface area contributed by atoms with Crippen LogP contribution in [0.5, 0.6) is 0 Å². The number of benzene rings is 2. The van der Waals surface area contributed by atoms with Gasteiger partial charge in [-0.1, -0.05) is 43.3 Å². The van der Waals surface area contributed by atoms with Gasteiger partial charge in [0.1, 0.15) is 5.82 Å². The molecule has 9 heteroatoms. The normalized spacial score (nSPS) is 16.8. The molecule has 0 saturated heterocycles. The molecule has 1 aromatic heterocycles. The summed E-state index contributed by atoms with van der Waals surface area (Å²) in [5, 5.41) is 2.83. The van der Waals surface area contributed by atoms with Gasteiger partial charge in [0.2, 0.25) is 5.91 Å². The molecule has 170 valence electrons. The Morgan fingerprint density at radius 2 is 1.85 bits per heavy atom. The zero-order valence-electron chi connectivity index (χ0n) is 18.4. The zero-order chi connectivity index (χ0) is 23.7. The second-order valence-electron chi connectivity index (χ2n) is 8.32. The highest BCUT2D eigenvalue weighted by Gasteiger charge is 2.39. The summed E-state index contributed by atoms with van der Waals surface area (Å²) < 4.78 is 1.21. The van der Waals surface area contributed by atoms with Gasteiger partial charge in [-0.3, -0.25) is 23.9 Å². The van der Waals surface area contributed by atoms with Crippen LogP contribution in [-0.2, 0) is 11.3 Å². The number of nitrogens with two attached hydrogens (primary N) is 1. The number of carbonyl (C=O) groups excluding carboxylic acids is 2. The number of carbonyl (C=O) groups is 2. The average Bonchev–Trinajstić information content (AvgIpc) is 3.53. The molecule has 3 aromatic rings. The van der Waals surface area contributed by atoms with Gasteiger partial charge in [0, 0.05) is 24.2 Å². The second kappa shape index (κ2) is 8.78. The van der Waals surface area contributed by atoms with Crippen LogP contribution in [0.2, 0.25) is 0 Å². The molecule has 1 saturated carbocycles. The molecule has 9 nitrogen and oxygen atoms in total. The lowest BCUT2D eigenvalue weighted by Crippen LogP contribution is -2.39. The van der Waals surface area contributed by atoms with Gasteiger partial charge >= 0.3 is 5.69 Å². The topological polar surface area (TPSA) is 130 Å². The third-order valence-electron chi connectivity index (χ3n) is 5.86. The van der Waals surface area contributed by atoms with Crippen LogP contribution >= 0.6 is 0 Å². The minimum absolute atomic E-state index is 0.00365. The molecule has 2 atom stereocenters. The third kappa shape index (κ3) is 4.57. The van der Waals surface area contributed by atoms with Crippen molar-refractivity contribution < 1.29 is 9.59 Å². The quantitative estimate of drug-likeness (QED) is 0.532. The van der Waals surface area contributed by atoms with E-state index in [0.717, 1.165) is 16.9 Å². The smallest absolute Gasteiger partial charge is 0.330 e. The van der Waals surface area contributed by atoms with Crippen molar-refractivity contribution in [3.63, 3.8) is 0 Å². The van der Waals surface area contributed by atoms with E-state index in [9.17, 15) is 19.2 Å². The van der Waals surface area contributed by atoms with Crippen LogP contribution < -0.4 is 27.2 Å². The lowest BCUT2D eigenvalue weighted by molar-refractivity contribution is -0.117. The molecule has 1 aliphatic carbocycles. The number of rotatable bonds is 6. The average molecular weight is 447 g/mol. The lowest BCUT2D eigenvalue weighted by Gasteiger charge is -2.21. The minimum Gasteiger partial charge on any atom is -0.383 e. The molecule has 1 heterocycles. The van der Waals surface area contributed by atoms with Crippen molar-refractivity contribution in [2.45, 2.75) is 19.9 Å². The second-order valence-corrected chi connectivity index (χ2v) is 8.32. The van der Waals surface area contributed by atoms with E-state index in [1.54, 1.807) is 24.3 Å². The predicted molar refractivity (Wildman–Crippen MR) is 126 cm³/mol. The summed E-state index contributed by atoms with van der Waals surface area (Å²) in [6.45, 7) is 2.15. The molecule has 2 aromatic carbocycles. The maximum Gasteiger partial charge on any atom is 0.330 e. The molecule has 0 bridgehead atoms. The Morgan fingerprint density at radius 3 is 2.52 bits per heavy atom. The maximum absolute atomic E-state index is 13.2. The summed E-state index contributed by atoms with van der Waals surface area (Å²) in [5.41, 5.74) is 6.21. The van der Waals surface area contributed by atoms with E-state index in [1.165, 1.54) is 11.6 Å². The van der Waals surface area contributed by atoms with Crippen molar-refractivity contribution in [3.05, 3.63) is 86.6 Å². The molecule has 2 unspecified atom stereocenters. The van der Waals surface area contributed by atoms with Gasteiger partial charge in [-0.2, -0.15) is 0 Å². The number of anilines is 3. The fourth-order valence-corrected chi connectivity index (χ4v) is 3.77. The molecule has 2 amide bonds. The van der Waals surface area contributed by atoms with Crippen LogP contribution in [0.25, 0.3) is 0 Å². The van der Waals surface area contributed by atoms with E-state index in [0.29, 0.717) is 11.6 Å². The molecular formula is C24H25N5O4. The first-order valence-electron chi connectivity index (χ1n) is 10.6. The summed E-state index contributed by atoms with van der Waals surface area (Å²) in [5.74, 6) is -0.337. The van der Waals surface area contributed by atoms with E-state index in [1.807, 2.05) is 37.3 Å². The van der Waals surface area contributed by atoms with Gasteiger partial charge in [-0.25, -0.2) is 4.79 Å². The third-order valence-corrected chi connectivity index (χ3v) is 5.86. The van der Waals surface area contributed by atoms with Gasteiger partial charge in [-0.05, 0) is 36.1 Å². The number of hydrogen-bond donors (Lipinski definition) is 3. The van der Waals surface area contributed by atoms with Gasteiger partial charge in [0.15, 0.2) is 5.69 Å². The van der Waals surface area contributed by atoms with Gasteiger partial charge in [0.05, 0.1) is 6.54 Å². The SMILES string of the molecule is CC1CC1C(=O)Nc1cccc(C(=O)N(C)c2c(N)n(Cc3ccccc3)c(=O)[nH]c2=O)c1. The molecule has 1 fully saturated rings. The first-order chi connectivity index (χ1) is 15.8. The number of hydrogen-bond acceptors (Lipinski definition) is 5. The number of aromatic amines is 1. The van der Waals surface area contributed by atoms with Gasteiger partial charge in [0.25, 0.3) is 11.5 Å². The number of amides is 2. The first-order valence-corrected chi connectivity index (χ1v) is 10.6. The number of nitrogens with one attached hydrogen (secondary N) is 2. The predicted octanol–water partition coefficient (Wildman–Crippen LogP) is 2.04. The lowest BCUT2D eigenvalue weighted by atomic mass is 10.1. The Kier molecular flexibility index (Phi) is 5.87. The Hall–Kier alpha value is -4.14. The van der Waals surface area contributed by atoms with Crippen LogP contribution in [0.15, 0.2) is 64.2 Å². The van der Waals surface area contributed by atoms with E-state index < -0.39 is 17.2 Å². The van der Waals surface area contributed by atoms with E-state index in [2.05, 4.69) is 10.3 Å². The Labute approximate surface area is 189 Å². The number of nitrogen functional groups attached to an aromatic ring is 1. The van der Waals surface area contributed by atoms with Crippen molar-refractivity contribution in [1.29, 1.82) is 0 Å². The fourth-order valence-electron chi connectivity index (χ4n) is 3.77. The zero-order valence-corrected chi connectivity index (χ0v) is 18.4. The molecule has 0 aliphatic heterocycles. The molecule has 0 spiro atoms. The van der Waals surface area contributed by atoms with Crippen molar-refractivity contribution in [1.82, 2.24) is 9.55 Å². The number of aromatic nitrogens is 2. The standard InChI is InChI=1S/C24H25N5O4/c1-14-11-18(14)21(30)26-17-10-6-9-16(12-17)23(32)28(2)19-20(25)29(24(33)27-22(19)31)13-15-7-4-3-5-8-15/h3-10,12,14,18H,11,13,25H2,1-2H3,(H,26,30)(H,27,31,33).